The molecule has 148 valence electrons. The Kier molecular flexibility index (Phi) is 6.11. The molecule has 0 aliphatic heterocycles. The molecule has 6 nitrogen and oxygen atoms in total. The van der Waals surface area contributed by atoms with Gasteiger partial charge in [0, 0.05) is 18.5 Å². The van der Waals surface area contributed by atoms with Crippen LogP contribution in [0.2, 0.25) is 5.02 Å². The quantitative estimate of drug-likeness (QED) is 0.611. The van der Waals surface area contributed by atoms with Crippen LogP contribution in [0.4, 0.5) is 0 Å². The second kappa shape index (κ2) is 8.54. The van der Waals surface area contributed by atoms with Gasteiger partial charge in [0.15, 0.2) is 0 Å². The van der Waals surface area contributed by atoms with Gasteiger partial charge in [0.25, 0.3) is 0 Å². The number of hydrogen-bond acceptors (Lipinski definition) is 5. The molecule has 0 amide bonds. The van der Waals surface area contributed by atoms with Gasteiger partial charge < -0.3 is 24.5 Å². The van der Waals surface area contributed by atoms with Crippen molar-refractivity contribution < 1.29 is 19.0 Å². The fraction of sp³-hybridized carbons (Fsp3) is 0.286. The van der Waals surface area contributed by atoms with Crippen LogP contribution in [0, 0.1) is 0 Å². The van der Waals surface area contributed by atoms with Crippen molar-refractivity contribution in [3.05, 3.63) is 58.7 Å². The summed E-state index contributed by atoms with van der Waals surface area (Å²) in [5.74, 6) is 0.995. The molecule has 0 unspecified atom stereocenters. The van der Waals surface area contributed by atoms with E-state index in [2.05, 4.69) is 0 Å². The number of aromatic nitrogens is 1. The molecular formula is C21H23ClN2O4. The fourth-order valence-corrected chi connectivity index (χ4v) is 3.44. The normalized spacial score (nSPS) is 12.0. The number of esters is 1. The van der Waals surface area contributed by atoms with E-state index in [0.717, 1.165) is 16.7 Å². The zero-order valence-corrected chi connectivity index (χ0v) is 16.8. The zero-order chi connectivity index (χ0) is 20.3. The maximum Gasteiger partial charge on any atom is 0.354 e. The van der Waals surface area contributed by atoms with Crippen LogP contribution in [0.1, 0.15) is 16.1 Å². The second-order valence-electron chi connectivity index (χ2n) is 6.51. The Labute approximate surface area is 168 Å². The summed E-state index contributed by atoms with van der Waals surface area (Å²) in [6, 6.07) is 12.8. The van der Waals surface area contributed by atoms with Crippen LogP contribution in [0.3, 0.4) is 0 Å². The molecule has 0 bridgehead atoms. The topological polar surface area (TPSA) is 75.7 Å². The Balaban J connectivity index is 1.76. The van der Waals surface area contributed by atoms with Gasteiger partial charge in [-0.1, -0.05) is 23.7 Å². The van der Waals surface area contributed by atoms with E-state index in [1.807, 2.05) is 24.3 Å². The highest BCUT2D eigenvalue weighted by Gasteiger charge is 2.19. The minimum Gasteiger partial charge on any atom is -0.497 e. The van der Waals surface area contributed by atoms with Crippen molar-refractivity contribution in [2.45, 2.75) is 12.5 Å². The van der Waals surface area contributed by atoms with Crippen LogP contribution in [-0.2, 0) is 18.2 Å². The van der Waals surface area contributed by atoms with E-state index in [1.165, 1.54) is 7.11 Å². The summed E-state index contributed by atoms with van der Waals surface area (Å²) >= 11 is 6.33. The van der Waals surface area contributed by atoms with Crippen molar-refractivity contribution in [1.82, 2.24) is 4.57 Å². The van der Waals surface area contributed by atoms with Gasteiger partial charge in [-0.3, -0.25) is 0 Å². The highest BCUT2D eigenvalue weighted by Crippen LogP contribution is 2.34. The molecule has 3 aromatic rings. The van der Waals surface area contributed by atoms with Crippen molar-refractivity contribution in [1.29, 1.82) is 0 Å². The molecule has 0 radical (unpaired) electrons. The van der Waals surface area contributed by atoms with E-state index in [4.69, 9.17) is 31.5 Å². The molecule has 3 rings (SSSR count). The number of rotatable bonds is 7. The van der Waals surface area contributed by atoms with Gasteiger partial charge >= 0.3 is 5.97 Å². The van der Waals surface area contributed by atoms with Crippen LogP contribution >= 0.6 is 11.6 Å². The Morgan fingerprint density at radius 1 is 1.18 bits per heavy atom. The Morgan fingerprint density at radius 2 is 1.89 bits per heavy atom. The lowest BCUT2D eigenvalue weighted by Gasteiger charge is -2.15. The van der Waals surface area contributed by atoms with Crippen molar-refractivity contribution in [3.63, 3.8) is 0 Å². The lowest BCUT2D eigenvalue weighted by atomic mass is 10.1. The highest BCUT2D eigenvalue weighted by molar-refractivity contribution is 6.35. The van der Waals surface area contributed by atoms with E-state index in [1.54, 1.807) is 36.9 Å². The summed E-state index contributed by atoms with van der Waals surface area (Å²) in [6.07, 6.45) is 0.670. The number of aryl methyl sites for hydroxylation is 1. The van der Waals surface area contributed by atoms with Crippen molar-refractivity contribution in [3.8, 4) is 11.5 Å². The number of nitrogens with zero attached hydrogens (tertiary/aromatic N) is 1. The van der Waals surface area contributed by atoms with Gasteiger partial charge in [0.05, 0.1) is 24.8 Å². The van der Waals surface area contributed by atoms with Crippen LogP contribution < -0.4 is 15.2 Å². The first kappa shape index (κ1) is 20.0. The average molecular weight is 403 g/mol. The monoisotopic (exact) mass is 402 g/mol. The lowest BCUT2D eigenvalue weighted by Crippen LogP contribution is -2.30. The minimum absolute atomic E-state index is 0.192. The molecular weight excluding hydrogens is 380 g/mol. The number of benzene rings is 2. The summed E-state index contributed by atoms with van der Waals surface area (Å²) in [5.41, 5.74) is 8.46. The molecule has 2 N–H and O–H groups in total. The molecule has 1 aromatic heterocycles. The van der Waals surface area contributed by atoms with Gasteiger partial charge in [-0.05, 0) is 42.3 Å². The number of fused-ring (bicyclic) bond motifs is 1. The molecule has 0 saturated heterocycles. The Hall–Kier alpha value is -2.70. The third-order valence-electron chi connectivity index (χ3n) is 4.61. The van der Waals surface area contributed by atoms with E-state index in [-0.39, 0.29) is 6.04 Å². The van der Waals surface area contributed by atoms with E-state index in [9.17, 15) is 4.79 Å². The molecule has 7 heteroatoms. The van der Waals surface area contributed by atoms with Crippen molar-refractivity contribution in [2.24, 2.45) is 12.8 Å². The zero-order valence-electron chi connectivity index (χ0n) is 16.1. The molecule has 2 aromatic carbocycles. The van der Waals surface area contributed by atoms with Crippen molar-refractivity contribution >= 4 is 28.5 Å². The number of halogens is 1. The maximum atomic E-state index is 12.0. The summed E-state index contributed by atoms with van der Waals surface area (Å²) < 4.78 is 17.7. The SMILES string of the molecule is COC(=O)c1cc2c(OC[C@@H](N)Cc3ccc(OC)cc3)ccc(Cl)c2n1C. The van der Waals surface area contributed by atoms with Crippen LogP contribution in [0.25, 0.3) is 10.9 Å². The molecule has 0 fully saturated rings. The van der Waals surface area contributed by atoms with Crippen LogP contribution in [0.5, 0.6) is 11.5 Å². The minimum atomic E-state index is -0.433. The van der Waals surface area contributed by atoms with E-state index >= 15 is 0 Å². The summed E-state index contributed by atoms with van der Waals surface area (Å²) in [6.45, 7) is 0.325. The van der Waals surface area contributed by atoms with Gasteiger partial charge in [-0.15, -0.1) is 0 Å². The molecule has 0 saturated carbocycles. The molecule has 1 heterocycles. The van der Waals surface area contributed by atoms with Crippen molar-refractivity contribution in [2.75, 3.05) is 20.8 Å². The van der Waals surface area contributed by atoms with E-state index < -0.39 is 5.97 Å². The van der Waals surface area contributed by atoms with Gasteiger partial charge in [-0.25, -0.2) is 4.79 Å². The van der Waals surface area contributed by atoms with Gasteiger partial charge in [0.2, 0.25) is 0 Å². The molecule has 0 aliphatic carbocycles. The Bertz CT molecular complexity index is 982. The number of nitrogens with two attached hydrogens (primary N) is 1. The number of ether oxygens (including phenoxy) is 3. The molecule has 0 spiro atoms. The van der Waals surface area contributed by atoms with Gasteiger partial charge in [-0.2, -0.15) is 0 Å². The molecule has 1 atom stereocenters. The molecule has 0 aliphatic rings. The number of carbonyl (C=O) groups is 1. The largest absolute Gasteiger partial charge is 0.497 e. The van der Waals surface area contributed by atoms with Crippen LogP contribution in [-0.4, -0.2) is 37.4 Å². The highest BCUT2D eigenvalue weighted by atomic mass is 35.5. The summed E-state index contributed by atoms with van der Waals surface area (Å²) in [7, 11) is 4.74. The number of carbonyl (C=O) groups excluding carboxylic acids is 1. The average Bonchev–Trinajstić information content (AvgIpc) is 3.06. The van der Waals surface area contributed by atoms with Gasteiger partial charge in [0.1, 0.15) is 23.8 Å². The molecule has 28 heavy (non-hydrogen) atoms. The predicted molar refractivity (Wildman–Crippen MR) is 109 cm³/mol. The number of methoxy groups -OCH3 is 2. The maximum absolute atomic E-state index is 12.0. The standard InChI is InChI=1S/C21H23ClN2O4/c1-24-18(21(25)27-3)11-16-19(9-8-17(22)20(16)24)28-12-14(23)10-13-4-6-15(26-2)7-5-13/h4-9,11,14H,10,12,23H2,1-3H3/t14-/m0/s1. The smallest absolute Gasteiger partial charge is 0.354 e. The fourth-order valence-electron chi connectivity index (χ4n) is 3.14. The summed E-state index contributed by atoms with van der Waals surface area (Å²) in [4.78, 5) is 12.0. The van der Waals surface area contributed by atoms with Crippen LogP contribution in [0.15, 0.2) is 42.5 Å². The predicted octanol–water partition coefficient (Wildman–Crippen LogP) is 3.58. The first-order valence-electron chi connectivity index (χ1n) is 8.82. The van der Waals surface area contributed by atoms with E-state index in [0.29, 0.717) is 35.0 Å². The first-order valence-corrected chi connectivity index (χ1v) is 9.20. The first-order chi connectivity index (χ1) is 13.4. The lowest BCUT2D eigenvalue weighted by molar-refractivity contribution is 0.0590. The number of hydrogen-bond donors (Lipinski definition) is 1. The third-order valence-corrected chi connectivity index (χ3v) is 4.92. The second-order valence-corrected chi connectivity index (χ2v) is 6.92. The Morgan fingerprint density at radius 3 is 2.54 bits per heavy atom. The third kappa shape index (κ3) is 4.08. The summed E-state index contributed by atoms with van der Waals surface area (Å²) in [5, 5.41) is 1.27.